The molecule has 0 aliphatic heterocycles. The lowest BCUT2D eigenvalue weighted by atomic mass is 9.87. The maximum Gasteiger partial charge on any atom is 0.268 e. The van der Waals surface area contributed by atoms with Crippen LogP contribution in [0.4, 0.5) is 4.39 Å². The molecule has 0 spiro atoms. The molecule has 0 saturated heterocycles. The maximum atomic E-state index is 13.7. The fourth-order valence-corrected chi connectivity index (χ4v) is 4.29. The Bertz CT molecular complexity index is 1190. The second-order valence-electron chi connectivity index (χ2n) is 7.53. The number of aromatic nitrogens is 1. The van der Waals surface area contributed by atoms with Gasteiger partial charge >= 0.3 is 0 Å². The molecule has 1 aliphatic rings. The van der Waals surface area contributed by atoms with Crippen LogP contribution >= 0.6 is 0 Å². The molecule has 1 N–H and O–H groups in total. The van der Waals surface area contributed by atoms with E-state index in [9.17, 15) is 9.18 Å². The van der Waals surface area contributed by atoms with Gasteiger partial charge in [0.15, 0.2) is 5.58 Å². The zero-order valence-electron chi connectivity index (χ0n) is 15.9. The number of nitrogens with one attached hydrogen (secondary N) is 1. The van der Waals surface area contributed by atoms with Gasteiger partial charge < -0.3 is 14.3 Å². The summed E-state index contributed by atoms with van der Waals surface area (Å²) < 4.78 is 21.1. The van der Waals surface area contributed by atoms with Crippen molar-refractivity contribution in [2.45, 2.75) is 31.8 Å². The van der Waals surface area contributed by atoms with Crippen LogP contribution in [0.2, 0.25) is 0 Å². The molecule has 1 unspecified atom stereocenters. The first-order valence-corrected chi connectivity index (χ1v) is 9.89. The highest BCUT2D eigenvalue weighted by atomic mass is 19.1. The number of amides is 1. The molecular formula is C24H21FN2O2. The minimum Gasteiger partial charge on any atom is -0.463 e. The molecular weight excluding hydrogens is 367 g/mol. The smallest absolute Gasteiger partial charge is 0.268 e. The summed E-state index contributed by atoms with van der Waals surface area (Å²) in [6.45, 7) is 0.394. The summed E-state index contributed by atoms with van der Waals surface area (Å²) in [6, 6.07) is 18.3. The number of nitrogens with zero attached hydrogens (tertiary/aromatic N) is 1. The number of carbonyl (C=O) groups excluding carboxylic acids is 1. The van der Waals surface area contributed by atoms with Crippen LogP contribution in [0.25, 0.3) is 11.1 Å². The Hall–Kier alpha value is -3.34. The molecule has 0 radical (unpaired) electrons. The van der Waals surface area contributed by atoms with Crippen LogP contribution in [-0.4, -0.2) is 10.5 Å². The van der Waals surface area contributed by atoms with Gasteiger partial charge in [0, 0.05) is 18.7 Å². The number of halogens is 1. The van der Waals surface area contributed by atoms with Crippen molar-refractivity contribution in [1.29, 1.82) is 0 Å². The standard InChI is InChI=1S/C24H21FN2O2/c25-18-8-3-5-16(13-18)15-27-21-11-12-29-23(21)14-22(27)24(28)26-20-10-4-7-17-6-1-2-9-19(17)20/h1-3,5-6,8-9,11-14,20H,4,7,10,15H2,(H,26,28). The molecule has 1 atom stereocenters. The number of rotatable bonds is 4. The van der Waals surface area contributed by atoms with Gasteiger partial charge in [0.05, 0.1) is 17.8 Å². The van der Waals surface area contributed by atoms with Crippen LogP contribution in [0.1, 0.15) is 46.1 Å². The highest BCUT2D eigenvalue weighted by Crippen LogP contribution is 2.30. The summed E-state index contributed by atoms with van der Waals surface area (Å²) in [6.07, 6.45) is 4.62. The zero-order valence-corrected chi connectivity index (χ0v) is 15.9. The third-order valence-electron chi connectivity index (χ3n) is 5.66. The van der Waals surface area contributed by atoms with Crippen LogP contribution in [0.3, 0.4) is 0 Å². The minimum absolute atomic E-state index is 0.00345. The Morgan fingerprint density at radius 2 is 2.03 bits per heavy atom. The van der Waals surface area contributed by atoms with Crippen molar-refractivity contribution >= 4 is 17.0 Å². The maximum absolute atomic E-state index is 13.7. The molecule has 29 heavy (non-hydrogen) atoms. The minimum atomic E-state index is -0.289. The molecule has 146 valence electrons. The van der Waals surface area contributed by atoms with Crippen LogP contribution < -0.4 is 5.32 Å². The average molecular weight is 388 g/mol. The second-order valence-corrected chi connectivity index (χ2v) is 7.53. The molecule has 5 rings (SSSR count). The lowest BCUT2D eigenvalue weighted by Crippen LogP contribution is -2.32. The highest BCUT2D eigenvalue weighted by molar-refractivity contribution is 5.97. The SMILES string of the molecule is O=C(NC1CCCc2ccccc21)c1cc2occc2n1Cc1cccc(F)c1. The quantitative estimate of drug-likeness (QED) is 0.520. The van der Waals surface area contributed by atoms with Gasteiger partial charge in [-0.3, -0.25) is 4.79 Å². The number of carbonyl (C=O) groups is 1. The summed E-state index contributed by atoms with van der Waals surface area (Å²) in [5.41, 5.74) is 5.28. The van der Waals surface area contributed by atoms with E-state index in [-0.39, 0.29) is 17.8 Å². The van der Waals surface area contributed by atoms with Crippen LogP contribution in [-0.2, 0) is 13.0 Å². The Kier molecular flexibility index (Phi) is 4.43. The third kappa shape index (κ3) is 3.33. The van der Waals surface area contributed by atoms with Crippen LogP contribution in [0, 0.1) is 5.82 Å². The van der Waals surface area contributed by atoms with E-state index in [2.05, 4.69) is 17.4 Å². The van der Waals surface area contributed by atoms with Crippen LogP contribution in [0.15, 0.2) is 71.3 Å². The normalized spacial score (nSPS) is 16.0. The molecule has 1 aliphatic carbocycles. The van der Waals surface area contributed by atoms with E-state index in [1.165, 1.54) is 23.3 Å². The largest absolute Gasteiger partial charge is 0.463 e. The number of hydrogen-bond donors (Lipinski definition) is 1. The molecule has 4 aromatic rings. The van der Waals surface area contributed by atoms with E-state index in [4.69, 9.17) is 4.42 Å². The molecule has 5 heteroatoms. The number of fused-ring (bicyclic) bond motifs is 2. The first kappa shape index (κ1) is 17.7. The molecule has 2 aromatic carbocycles. The Morgan fingerprint density at radius 1 is 1.14 bits per heavy atom. The predicted octanol–water partition coefficient (Wildman–Crippen LogP) is 5.23. The lowest BCUT2D eigenvalue weighted by molar-refractivity contribution is 0.0924. The van der Waals surface area contributed by atoms with Crippen molar-refractivity contribution in [2.24, 2.45) is 0 Å². The molecule has 0 fully saturated rings. The summed E-state index contributed by atoms with van der Waals surface area (Å²) in [5.74, 6) is -0.433. The number of aryl methyl sites for hydroxylation is 1. The first-order valence-electron chi connectivity index (χ1n) is 9.89. The van der Waals surface area contributed by atoms with E-state index in [1.807, 2.05) is 28.8 Å². The van der Waals surface area contributed by atoms with Gasteiger partial charge in [-0.15, -0.1) is 0 Å². The van der Waals surface area contributed by atoms with Gasteiger partial charge in [0.2, 0.25) is 0 Å². The van der Waals surface area contributed by atoms with Gasteiger partial charge in [0.1, 0.15) is 11.5 Å². The molecule has 0 saturated carbocycles. The number of hydrogen-bond acceptors (Lipinski definition) is 2. The first-order chi connectivity index (χ1) is 14.2. The van der Waals surface area contributed by atoms with Gasteiger partial charge in [-0.2, -0.15) is 0 Å². The van der Waals surface area contributed by atoms with E-state index in [0.717, 1.165) is 30.3 Å². The van der Waals surface area contributed by atoms with E-state index < -0.39 is 0 Å². The monoisotopic (exact) mass is 388 g/mol. The summed E-state index contributed by atoms with van der Waals surface area (Å²) in [4.78, 5) is 13.2. The second kappa shape index (κ2) is 7.24. The number of furan rings is 1. The predicted molar refractivity (Wildman–Crippen MR) is 109 cm³/mol. The summed E-state index contributed by atoms with van der Waals surface area (Å²) in [7, 11) is 0. The van der Waals surface area contributed by atoms with Crippen molar-refractivity contribution in [2.75, 3.05) is 0 Å². The number of benzene rings is 2. The molecule has 1 amide bonds. The molecule has 2 heterocycles. The third-order valence-corrected chi connectivity index (χ3v) is 5.66. The highest BCUT2D eigenvalue weighted by Gasteiger charge is 2.24. The lowest BCUT2D eigenvalue weighted by Gasteiger charge is -2.26. The fraction of sp³-hybridized carbons (Fsp3) is 0.208. The van der Waals surface area contributed by atoms with E-state index in [0.29, 0.717) is 17.8 Å². The topological polar surface area (TPSA) is 47.2 Å². The van der Waals surface area contributed by atoms with Crippen molar-refractivity contribution < 1.29 is 13.6 Å². The Labute approximate surface area is 168 Å². The Balaban J connectivity index is 1.47. The van der Waals surface area contributed by atoms with Gasteiger partial charge in [-0.05, 0) is 48.1 Å². The summed E-state index contributed by atoms with van der Waals surface area (Å²) in [5, 5.41) is 3.20. The van der Waals surface area contributed by atoms with Crippen molar-refractivity contribution in [3.8, 4) is 0 Å². The van der Waals surface area contributed by atoms with Crippen molar-refractivity contribution in [1.82, 2.24) is 9.88 Å². The zero-order chi connectivity index (χ0) is 19.8. The Morgan fingerprint density at radius 3 is 2.93 bits per heavy atom. The van der Waals surface area contributed by atoms with E-state index in [1.54, 1.807) is 18.4 Å². The van der Waals surface area contributed by atoms with Crippen molar-refractivity contribution in [3.05, 3.63) is 95.1 Å². The van der Waals surface area contributed by atoms with Crippen molar-refractivity contribution in [3.63, 3.8) is 0 Å². The van der Waals surface area contributed by atoms with Gasteiger partial charge in [0.25, 0.3) is 5.91 Å². The molecule has 4 nitrogen and oxygen atoms in total. The van der Waals surface area contributed by atoms with Gasteiger partial charge in [-0.25, -0.2) is 4.39 Å². The fourth-order valence-electron chi connectivity index (χ4n) is 4.29. The molecule has 2 aromatic heterocycles. The van der Waals surface area contributed by atoms with Crippen LogP contribution in [0.5, 0.6) is 0 Å². The summed E-state index contributed by atoms with van der Waals surface area (Å²) >= 11 is 0. The van der Waals surface area contributed by atoms with E-state index >= 15 is 0 Å². The average Bonchev–Trinajstić information content (AvgIpc) is 3.31. The molecule has 0 bridgehead atoms. The van der Waals surface area contributed by atoms with Gasteiger partial charge in [-0.1, -0.05) is 36.4 Å².